The maximum atomic E-state index is 10.2. The molecule has 0 aliphatic carbocycles. The molecule has 0 spiro atoms. The fourth-order valence-electron chi connectivity index (χ4n) is 5.20. The minimum absolute atomic E-state index is 0.157. The van der Waals surface area contributed by atoms with Crippen LogP contribution in [0.1, 0.15) is 78.3 Å². The number of aromatic amines is 2. The van der Waals surface area contributed by atoms with Gasteiger partial charge in [0.25, 0.3) is 0 Å². The zero-order chi connectivity index (χ0) is 24.6. The summed E-state index contributed by atoms with van der Waals surface area (Å²) in [5.41, 5.74) is 13.3. The molecule has 34 heavy (non-hydrogen) atoms. The van der Waals surface area contributed by atoms with Crippen molar-refractivity contribution in [1.82, 2.24) is 19.9 Å². The number of H-pyrrole nitrogens is 2. The first kappa shape index (κ1) is 22.4. The Labute approximate surface area is 201 Å². The average Bonchev–Trinajstić information content (AvgIpc) is 3.39. The van der Waals surface area contributed by atoms with Crippen molar-refractivity contribution in [3.8, 4) is 6.07 Å². The van der Waals surface area contributed by atoms with Gasteiger partial charge in [0.15, 0.2) is 0 Å². The zero-order valence-electron chi connectivity index (χ0n) is 21.5. The lowest BCUT2D eigenvalue weighted by molar-refractivity contribution is 0.538. The molecule has 0 atom stereocenters. The largest absolute Gasteiger partial charge is 0.355 e. The quantitative estimate of drug-likeness (QED) is 0.411. The number of nitrogens with one attached hydrogen (secondary N) is 2. The van der Waals surface area contributed by atoms with Crippen molar-refractivity contribution in [1.29, 1.82) is 5.26 Å². The van der Waals surface area contributed by atoms with Crippen LogP contribution in [-0.2, 0) is 23.7 Å². The van der Waals surface area contributed by atoms with Crippen LogP contribution < -0.4 is 0 Å². The second kappa shape index (κ2) is 7.30. The van der Waals surface area contributed by atoms with Gasteiger partial charge in [-0.3, -0.25) is 9.97 Å². The van der Waals surface area contributed by atoms with Crippen LogP contribution in [0.5, 0.6) is 0 Å². The van der Waals surface area contributed by atoms with Crippen LogP contribution in [0.15, 0.2) is 18.2 Å². The van der Waals surface area contributed by atoms with Gasteiger partial charge in [-0.2, -0.15) is 5.26 Å². The van der Waals surface area contributed by atoms with Crippen LogP contribution in [0.2, 0.25) is 0 Å². The molecular formula is C29H33N5. The monoisotopic (exact) mass is 451 g/mol. The van der Waals surface area contributed by atoms with Crippen LogP contribution in [0.4, 0.5) is 0 Å². The van der Waals surface area contributed by atoms with Gasteiger partial charge < -0.3 is 9.97 Å². The second-order valence-corrected chi connectivity index (χ2v) is 11.3. The summed E-state index contributed by atoms with van der Waals surface area (Å²) in [6.07, 6.45) is 1.46. The van der Waals surface area contributed by atoms with Crippen molar-refractivity contribution >= 4 is 22.1 Å². The van der Waals surface area contributed by atoms with Crippen molar-refractivity contribution in [2.45, 2.75) is 79.1 Å². The molecule has 0 saturated carbocycles. The van der Waals surface area contributed by atoms with E-state index in [2.05, 4.69) is 89.6 Å². The predicted molar refractivity (Wildman–Crippen MR) is 138 cm³/mol. The molecule has 2 aliphatic heterocycles. The van der Waals surface area contributed by atoms with Crippen molar-refractivity contribution < 1.29 is 0 Å². The summed E-state index contributed by atoms with van der Waals surface area (Å²) in [5.74, 6) is 0. The van der Waals surface area contributed by atoms with Gasteiger partial charge in [0.05, 0.1) is 17.0 Å². The molecule has 174 valence electrons. The first-order valence-corrected chi connectivity index (χ1v) is 12.0. The Hall–Kier alpha value is -3.39. The van der Waals surface area contributed by atoms with Gasteiger partial charge in [0.1, 0.15) is 6.07 Å². The smallest absolute Gasteiger partial charge is 0.103 e. The topological polar surface area (TPSA) is 81.2 Å². The van der Waals surface area contributed by atoms with E-state index in [-0.39, 0.29) is 10.8 Å². The van der Waals surface area contributed by atoms with Gasteiger partial charge in [-0.15, -0.1) is 0 Å². The number of hydrogen-bond acceptors (Lipinski definition) is 3. The maximum Gasteiger partial charge on any atom is 0.103 e. The Kier molecular flexibility index (Phi) is 4.81. The van der Waals surface area contributed by atoms with Crippen LogP contribution >= 0.6 is 0 Å². The van der Waals surface area contributed by atoms with Crippen LogP contribution in [0.25, 0.3) is 22.1 Å². The summed E-state index contributed by atoms with van der Waals surface area (Å²) >= 11 is 0. The number of fused-ring (bicyclic) bond motifs is 8. The molecule has 5 heterocycles. The van der Waals surface area contributed by atoms with E-state index in [4.69, 9.17) is 9.97 Å². The van der Waals surface area contributed by atoms with E-state index in [0.29, 0.717) is 5.56 Å². The third-order valence-corrected chi connectivity index (χ3v) is 7.94. The van der Waals surface area contributed by atoms with E-state index in [1.54, 1.807) is 0 Å². The van der Waals surface area contributed by atoms with Crippen molar-refractivity contribution in [3.05, 3.63) is 68.8 Å². The Bertz CT molecular complexity index is 1450. The number of aromatic nitrogens is 4. The first-order valence-electron chi connectivity index (χ1n) is 12.0. The summed E-state index contributed by atoms with van der Waals surface area (Å²) in [4.78, 5) is 17.3. The van der Waals surface area contributed by atoms with E-state index < -0.39 is 0 Å². The first-order chi connectivity index (χ1) is 15.9. The third-order valence-electron chi connectivity index (χ3n) is 7.94. The predicted octanol–water partition coefficient (Wildman–Crippen LogP) is 6.46. The normalized spacial score (nSPS) is 16.4. The fraction of sp³-hybridized carbons (Fsp3) is 0.414. The van der Waals surface area contributed by atoms with E-state index in [9.17, 15) is 5.26 Å². The number of aryl methyl sites for hydroxylation is 4. The van der Waals surface area contributed by atoms with E-state index in [1.165, 1.54) is 22.3 Å². The minimum atomic E-state index is -0.157. The molecule has 8 bridgehead atoms. The highest BCUT2D eigenvalue weighted by molar-refractivity contribution is 5.78. The third kappa shape index (κ3) is 3.36. The number of nitrogens with zero attached hydrogens (tertiary/aromatic N) is 3. The van der Waals surface area contributed by atoms with Gasteiger partial charge >= 0.3 is 0 Å². The highest BCUT2D eigenvalue weighted by Crippen LogP contribution is 2.37. The van der Waals surface area contributed by atoms with E-state index in [1.807, 2.05) is 0 Å². The molecule has 2 N–H and O–H groups in total. The van der Waals surface area contributed by atoms with Crippen molar-refractivity contribution in [3.63, 3.8) is 0 Å². The van der Waals surface area contributed by atoms with Crippen LogP contribution in [0, 0.1) is 39.0 Å². The molecular weight excluding hydrogens is 418 g/mol. The standard InChI is InChI=1S/C29H33N5/c1-15-17(3)22-10-26-28(5,6)12-24(33-26)19(14-30)25-13-29(7,8)27(34-25)11-23-18(4)16(2)21(32-23)9-20(15)31-22/h9-11,31-32H,12-13H2,1-8H3. The summed E-state index contributed by atoms with van der Waals surface area (Å²) in [5, 5.41) is 10.2. The molecule has 2 aliphatic rings. The lowest BCUT2D eigenvalue weighted by atomic mass is 9.84. The Morgan fingerprint density at radius 3 is 1.38 bits per heavy atom. The summed E-state index contributed by atoms with van der Waals surface area (Å²) < 4.78 is 0. The number of nitriles is 1. The Morgan fingerprint density at radius 2 is 1.03 bits per heavy atom. The van der Waals surface area contributed by atoms with Crippen molar-refractivity contribution in [2.75, 3.05) is 0 Å². The molecule has 5 heteroatoms. The minimum Gasteiger partial charge on any atom is -0.355 e. The Morgan fingerprint density at radius 1 is 0.676 bits per heavy atom. The second-order valence-electron chi connectivity index (χ2n) is 11.3. The van der Waals surface area contributed by atoms with Crippen LogP contribution in [0.3, 0.4) is 0 Å². The summed E-state index contributed by atoms with van der Waals surface area (Å²) in [6.45, 7) is 17.4. The van der Waals surface area contributed by atoms with Gasteiger partial charge in [0.2, 0.25) is 0 Å². The highest BCUT2D eigenvalue weighted by Gasteiger charge is 2.34. The summed E-state index contributed by atoms with van der Waals surface area (Å²) in [7, 11) is 0. The van der Waals surface area contributed by atoms with E-state index >= 15 is 0 Å². The lowest BCUT2D eigenvalue weighted by Gasteiger charge is -2.16. The van der Waals surface area contributed by atoms with Gasteiger partial charge in [-0.1, -0.05) is 27.7 Å². The molecule has 0 fully saturated rings. The van der Waals surface area contributed by atoms with Crippen LogP contribution in [-0.4, -0.2) is 19.9 Å². The molecule has 0 aromatic carbocycles. The molecule has 0 radical (unpaired) electrons. The molecule has 0 unspecified atom stereocenters. The number of hydrogen-bond donors (Lipinski definition) is 2. The highest BCUT2D eigenvalue weighted by atomic mass is 14.8. The van der Waals surface area contributed by atoms with Gasteiger partial charge in [0, 0.05) is 57.1 Å². The van der Waals surface area contributed by atoms with Crippen molar-refractivity contribution in [2.24, 2.45) is 0 Å². The molecule has 5 nitrogen and oxygen atoms in total. The SMILES string of the molecule is Cc1c(C)c2cc3[nH]c(cc4nc(c(C#N)c5nc(cc1[nH]2)C(C)(C)C5)CC4(C)C)c(C)c3C. The fourth-order valence-corrected chi connectivity index (χ4v) is 5.20. The lowest BCUT2D eigenvalue weighted by Crippen LogP contribution is -2.16. The molecule has 5 rings (SSSR count). The molecule has 3 aromatic heterocycles. The maximum absolute atomic E-state index is 10.2. The molecule has 0 saturated heterocycles. The summed E-state index contributed by atoms with van der Waals surface area (Å²) in [6, 6.07) is 9.00. The average molecular weight is 452 g/mol. The van der Waals surface area contributed by atoms with Gasteiger partial charge in [-0.05, 0) is 68.1 Å². The van der Waals surface area contributed by atoms with Gasteiger partial charge in [-0.25, -0.2) is 0 Å². The van der Waals surface area contributed by atoms with E-state index in [0.717, 1.165) is 57.7 Å². The molecule has 0 amide bonds. The molecule has 3 aromatic rings. The number of rotatable bonds is 0. The Balaban J connectivity index is 2.00. The zero-order valence-corrected chi connectivity index (χ0v) is 21.5.